The van der Waals surface area contributed by atoms with Crippen molar-refractivity contribution in [1.82, 2.24) is 29.6 Å². The number of alkyl halides is 3. The van der Waals surface area contributed by atoms with Gasteiger partial charge in [-0.05, 0) is 59.7 Å². The largest absolute Gasteiger partial charge is 0.497 e. The number of methoxy groups -OCH3 is 1. The van der Waals surface area contributed by atoms with Gasteiger partial charge in [0.15, 0.2) is 11.5 Å². The van der Waals surface area contributed by atoms with E-state index in [0.29, 0.717) is 23.4 Å². The lowest BCUT2D eigenvalue weighted by Crippen LogP contribution is -2.35. The molecule has 2 N–H and O–H groups in total. The Morgan fingerprint density at radius 3 is 2.28 bits per heavy atom. The molecule has 0 saturated heterocycles. The van der Waals surface area contributed by atoms with Gasteiger partial charge >= 0.3 is 12.3 Å². The van der Waals surface area contributed by atoms with Crippen LogP contribution in [0.15, 0.2) is 71.5 Å². The Bertz CT molecular complexity index is 2600. The van der Waals surface area contributed by atoms with Gasteiger partial charge in [-0.15, -0.1) is 0 Å². The van der Waals surface area contributed by atoms with Crippen LogP contribution in [0.25, 0.3) is 27.6 Å². The van der Waals surface area contributed by atoms with Gasteiger partial charge in [-0.1, -0.05) is 23.7 Å². The van der Waals surface area contributed by atoms with Crippen LogP contribution in [0.2, 0.25) is 5.02 Å². The highest BCUT2D eigenvalue weighted by molar-refractivity contribution is 7.92. The lowest BCUT2D eigenvalue weighted by atomic mass is 10.0. The van der Waals surface area contributed by atoms with Crippen molar-refractivity contribution < 1.29 is 45.0 Å². The Morgan fingerprint density at radius 1 is 1.02 bits per heavy atom. The molecule has 0 radical (unpaired) electrons. The number of ether oxygens (including phenoxy) is 1. The standard InChI is InChI=1S/C34H27ClF5N7O6S/c1-45-28-25(10-9-23(35)27(28)31(44-45)46(54(3,51)52)16-17-4-6-21(53-2)7-5-17)47-30(24(41-33(49)50)14-18-12-19(36)15-20(37)13-18)43-29-22(32(47)48)8-11-26(42-29)34(38,39)40/h4-13,15,24,41H,14,16H2,1-3H3,(H,49,50). The number of nitrogens with one attached hydrogen (secondary N) is 1. The second kappa shape index (κ2) is 14.2. The summed E-state index contributed by atoms with van der Waals surface area (Å²) in [6.45, 7) is -0.222. The van der Waals surface area contributed by atoms with Gasteiger partial charge in [-0.25, -0.2) is 36.3 Å². The second-order valence-electron chi connectivity index (χ2n) is 12.0. The number of carboxylic acid groups (broad SMARTS) is 1. The maximum atomic E-state index is 14.4. The number of hydrogen-bond acceptors (Lipinski definition) is 8. The predicted molar refractivity (Wildman–Crippen MR) is 187 cm³/mol. The predicted octanol–water partition coefficient (Wildman–Crippen LogP) is 6.14. The number of fused-ring (bicyclic) bond motifs is 2. The first kappa shape index (κ1) is 37.9. The number of amides is 1. The summed E-state index contributed by atoms with van der Waals surface area (Å²) in [6.07, 6.45) is -6.23. The number of benzene rings is 3. The van der Waals surface area contributed by atoms with Crippen LogP contribution < -0.4 is 19.9 Å². The maximum absolute atomic E-state index is 14.4. The third-order valence-corrected chi connectivity index (χ3v) is 9.70. The molecule has 0 saturated carbocycles. The molecule has 0 aliphatic carbocycles. The van der Waals surface area contributed by atoms with Crippen LogP contribution in [-0.2, 0) is 36.2 Å². The molecular weight excluding hydrogens is 765 g/mol. The van der Waals surface area contributed by atoms with E-state index in [4.69, 9.17) is 16.3 Å². The number of rotatable bonds is 10. The highest BCUT2D eigenvalue weighted by Crippen LogP contribution is 2.38. The van der Waals surface area contributed by atoms with Crippen LogP contribution in [0.4, 0.5) is 32.6 Å². The van der Waals surface area contributed by atoms with E-state index in [1.165, 1.54) is 31.0 Å². The summed E-state index contributed by atoms with van der Waals surface area (Å²) >= 11 is 6.70. The van der Waals surface area contributed by atoms with E-state index in [1.807, 2.05) is 0 Å². The minimum Gasteiger partial charge on any atom is -0.497 e. The molecule has 1 amide bonds. The molecule has 13 nitrogen and oxygen atoms in total. The number of anilines is 1. The van der Waals surface area contributed by atoms with Gasteiger partial charge in [0, 0.05) is 19.5 Å². The molecule has 0 aliphatic rings. The van der Waals surface area contributed by atoms with Crippen LogP contribution in [0.5, 0.6) is 5.75 Å². The Balaban J connectivity index is 1.65. The van der Waals surface area contributed by atoms with Crippen molar-refractivity contribution in [3.05, 3.63) is 116 Å². The van der Waals surface area contributed by atoms with E-state index in [1.54, 1.807) is 24.3 Å². The number of carbonyl (C=O) groups is 1. The molecule has 3 aromatic heterocycles. The zero-order valence-corrected chi connectivity index (χ0v) is 29.8. The van der Waals surface area contributed by atoms with Crippen LogP contribution in [0, 0.1) is 11.6 Å². The van der Waals surface area contributed by atoms with Gasteiger partial charge in [0.05, 0.1) is 53.0 Å². The molecule has 54 heavy (non-hydrogen) atoms. The van der Waals surface area contributed by atoms with E-state index in [0.717, 1.165) is 33.3 Å². The minimum absolute atomic E-state index is 0.0180. The summed E-state index contributed by atoms with van der Waals surface area (Å²) in [5.74, 6) is -2.18. The molecule has 3 aromatic carbocycles. The first-order valence-corrected chi connectivity index (χ1v) is 17.8. The quantitative estimate of drug-likeness (QED) is 0.155. The number of nitrogens with zero attached hydrogens (tertiary/aromatic N) is 6. The first-order chi connectivity index (χ1) is 25.3. The highest BCUT2D eigenvalue weighted by Gasteiger charge is 2.34. The van der Waals surface area contributed by atoms with Crippen LogP contribution in [-0.4, -0.2) is 57.3 Å². The third-order valence-electron chi connectivity index (χ3n) is 8.28. The fourth-order valence-electron chi connectivity index (χ4n) is 5.97. The normalized spacial score (nSPS) is 12.6. The third kappa shape index (κ3) is 7.49. The molecule has 6 rings (SSSR count). The van der Waals surface area contributed by atoms with Crippen molar-refractivity contribution in [2.75, 3.05) is 17.7 Å². The SMILES string of the molecule is COc1ccc(CN(c2nn(C)c3c(-n4c(C(Cc5cc(F)cc(F)c5)NC(=O)O)nc5nc(C(F)(F)F)ccc5c4=O)ccc(Cl)c23)S(C)(=O)=O)cc1. The Labute approximate surface area is 307 Å². The summed E-state index contributed by atoms with van der Waals surface area (Å²) < 4.78 is 105. The Kier molecular flexibility index (Phi) is 9.97. The number of aryl methyl sites for hydroxylation is 1. The Hall–Kier alpha value is -5.82. The van der Waals surface area contributed by atoms with Crippen molar-refractivity contribution >= 4 is 55.5 Å². The van der Waals surface area contributed by atoms with Crippen molar-refractivity contribution in [2.45, 2.75) is 25.2 Å². The van der Waals surface area contributed by atoms with E-state index in [2.05, 4.69) is 20.4 Å². The number of hydrogen-bond donors (Lipinski definition) is 2. The summed E-state index contributed by atoms with van der Waals surface area (Å²) in [6, 6.07) is 11.3. The maximum Gasteiger partial charge on any atom is 0.433 e. The topological polar surface area (TPSA) is 162 Å². The summed E-state index contributed by atoms with van der Waals surface area (Å²) in [5.41, 5.74) is -2.78. The van der Waals surface area contributed by atoms with E-state index < -0.39 is 74.5 Å². The molecule has 20 heteroatoms. The molecule has 1 atom stereocenters. The molecule has 0 bridgehead atoms. The van der Waals surface area contributed by atoms with Gasteiger partial charge in [0.25, 0.3) is 5.56 Å². The number of sulfonamides is 1. The van der Waals surface area contributed by atoms with Crippen molar-refractivity contribution in [2.24, 2.45) is 7.05 Å². The molecule has 282 valence electrons. The molecule has 0 aliphatic heterocycles. The zero-order chi connectivity index (χ0) is 39.3. The summed E-state index contributed by atoms with van der Waals surface area (Å²) in [5, 5.41) is 16.0. The number of pyridine rings is 1. The van der Waals surface area contributed by atoms with Gasteiger partial charge < -0.3 is 15.2 Å². The molecule has 3 heterocycles. The molecule has 6 aromatic rings. The van der Waals surface area contributed by atoms with Gasteiger partial charge in [-0.2, -0.15) is 18.3 Å². The van der Waals surface area contributed by atoms with Crippen LogP contribution in [0.1, 0.15) is 28.7 Å². The molecule has 1 unspecified atom stereocenters. The lowest BCUT2D eigenvalue weighted by Gasteiger charge is -2.23. The second-order valence-corrected chi connectivity index (χ2v) is 14.3. The van der Waals surface area contributed by atoms with Crippen LogP contribution in [0.3, 0.4) is 0 Å². The summed E-state index contributed by atoms with van der Waals surface area (Å²) in [7, 11) is -1.20. The van der Waals surface area contributed by atoms with Gasteiger partial charge in [0.2, 0.25) is 10.0 Å². The highest BCUT2D eigenvalue weighted by atomic mass is 35.5. The minimum atomic E-state index is -4.95. The van der Waals surface area contributed by atoms with Crippen molar-refractivity contribution in [3.63, 3.8) is 0 Å². The average Bonchev–Trinajstić information content (AvgIpc) is 3.43. The number of halogens is 6. The van der Waals surface area contributed by atoms with Crippen LogP contribution >= 0.6 is 11.6 Å². The van der Waals surface area contributed by atoms with Gasteiger partial charge in [0.1, 0.15) is 28.9 Å². The van der Waals surface area contributed by atoms with Crippen molar-refractivity contribution in [1.29, 1.82) is 0 Å². The van der Waals surface area contributed by atoms with Gasteiger partial charge in [-0.3, -0.25) is 14.0 Å². The smallest absolute Gasteiger partial charge is 0.433 e. The molecule has 0 spiro atoms. The zero-order valence-electron chi connectivity index (χ0n) is 28.2. The fraction of sp³-hybridized carbons (Fsp3) is 0.206. The van der Waals surface area contributed by atoms with E-state index >= 15 is 0 Å². The first-order valence-electron chi connectivity index (χ1n) is 15.6. The molecule has 0 fully saturated rings. The van der Waals surface area contributed by atoms with E-state index in [-0.39, 0.29) is 39.5 Å². The lowest BCUT2D eigenvalue weighted by molar-refractivity contribution is -0.141. The number of aromatic nitrogens is 5. The molecular formula is C34H27ClF5N7O6S. The Morgan fingerprint density at radius 2 is 1.69 bits per heavy atom. The van der Waals surface area contributed by atoms with E-state index in [9.17, 15) is 45.1 Å². The van der Waals surface area contributed by atoms with Crippen molar-refractivity contribution in [3.8, 4) is 11.4 Å². The fourth-order valence-corrected chi connectivity index (χ4v) is 7.03. The summed E-state index contributed by atoms with van der Waals surface area (Å²) in [4.78, 5) is 34.3. The monoisotopic (exact) mass is 791 g/mol. The average molecular weight is 792 g/mol.